The molecule has 22 heavy (non-hydrogen) atoms. The van der Waals surface area contributed by atoms with Crippen LogP contribution in [0.1, 0.15) is 0 Å². The van der Waals surface area contributed by atoms with Gasteiger partial charge in [0.05, 0.1) is 18.1 Å². The summed E-state index contributed by atoms with van der Waals surface area (Å²) >= 11 is 0. The Balaban J connectivity index is 1.88. The molecule has 0 saturated carbocycles. The van der Waals surface area contributed by atoms with Gasteiger partial charge in [0.25, 0.3) is 0 Å². The predicted octanol–water partition coefficient (Wildman–Crippen LogP) is -2.05. The molecule has 2 bridgehead atoms. The molecule has 0 amide bonds. The largest absolute Gasteiger partial charge is 0.393 e. The van der Waals surface area contributed by atoms with Gasteiger partial charge >= 0.3 is 5.69 Å². The van der Waals surface area contributed by atoms with Gasteiger partial charge in [0.2, 0.25) is 5.82 Å². The van der Waals surface area contributed by atoms with Crippen LogP contribution < -0.4 is 5.32 Å². The maximum Gasteiger partial charge on any atom is 0.330 e. The highest BCUT2D eigenvalue weighted by molar-refractivity contribution is 5.56. The van der Waals surface area contributed by atoms with Gasteiger partial charge in [0, 0.05) is 7.05 Å². The Hall–Kier alpha value is -1.79. The molecule has 0 spiro atoms. The average molecular weight is 316 g/mol. The number of nitro groups is 1. The van der Waals surface area contributed by atoms with Crippen molar-refractivity contribution in [2.24, 2.45) is 7.05 Å². The third-order valence-electron chi connectivity index (χ3n) is 4.05. The van der Waals surface area contributed by atoms with Crippen molar-refractivity contribution >= 4 is 11.5 Å². The molecule has 0 aliphatic carbocycles. The molecule has 11 nitrogen and oxygen atoms in total. The molecule has 3 rings (SSSR count). The van der Waals surface area contributed by atoms with Gasteiger partial charge in [-0.3, -0.25) is 10.1 Å². The number of hydrogen-bond acceptors (Lipinski definition) is 9. The van der Waals surface area contributed by atoms with Crippen molar-refractivity contribution in [2.75, 3.05) is 18.5 Å². The first-order chi connectivity index (χ1) is 10.4. The summed E-state index contributed by atoms with van der Waals surface area (Å²) in [5.74, 6) is 0.0526. The van der Waals surface area contributed by atoms with Gasteiger partial charge in [-0.2, -0.15) is 5.10 Å². The number of anilines is 1. The van der Waals surface area contributed by atoms with Crippen molar-refractivity contribution in [3.05, 3.63) is 16.3 Å². The van der Waals surface area contributed by atoms with Gasteiger partial charge in [0.15, 0.2) is 6.29 Å². The molecule has 122 valence electrons. The summed E-state index contributed by atoms with van der Waals surface area (Å²) in [5.41, 5.74) is -1.65. The third-order valence-corrected chi connectivity index (χ3v) is 4.05. The normalized spacial score (nSPS) is 37.3. The highest BCUT2D eigenvalue weighted by Gasteiger charge is 2.59. The van der Waals surface area contributed by atoms with E-state index < -0.39 is 41.7 Å². The lowest BCUT2D eigenvalue weighted by atomic mass is 9.88. The number of aryl methyl sites for hydroxylation is 1. The van der Waals surface area contributed by atoms with Crippen molar-refractivity contribution < 1.29 is 29.7 Å². The molecule has 0 unspecified atom stereocenters. The van der Waals surface area contributed by atoms with Crippen LogP contribution in [0.2, 0.25) is 0 Å². The molecule has 1 aromatic rings. The Morgan fingerprint density at radius 3 is 3.00 bits per heavy atom. The first-order valence-electron chi connectivity index (χ1n) is 6.59. The van der Waals surface area contributed by atoms with Crippen LogP contribution in [-0.4, -0.2) is 73.4 Å². The Morgan fingerprint density at radius 2 is 2.36 bits per heavy atom. The molecule has 2 fully saturated rings. The fourth-order valence-corrected chi connectivity index (χ4v) is 2.74. The Labute approximate surface area is 124 Å². The molecular formula is C11H16N4O7. The van der Waals surface area contributed by atoms with Gasteiger partial charge in [-0.05, 0) is 0 Å². The van der Waals surface area contributed by atoms with Crippen molar-refractivity contribution in [1.82, 2.24) is 9.78 Å². The Morgan fingerprint density at radius 1 is 1.64 bits per heavy atom. The number of fused-ring (bicyclic) bond motifs is 2. The van der Waals surface area contributed by atoms with E-state index in [1.165, 1.54) is 11.7 Å². The van der Waals surface area contributed by atoms with E-state index in [0.29, 0.717) is 0 Å². The van der Waals surface area contributed by atoms with Crippen molar-refractivity contribution in [1.29, 1.82) is 0 Å². The fraction of sp³-hybridized carbons (Fsp3) is 0.727. The van der Waals surface area contributed by atoms with Crippen LogP contribution in [0, 0.1) is 10.1 Å². The van der Waals surface area contributed by atoms with Crippen LogP contribution in [0.5, 0.6) is 0 Å². The van der Waals surface area contributed by atoms with E-state index in [9.17, 15) is 25.4 Å². The molecule has 1 aromatic heterocycles. The van der Waals surface area contributed by atoms with Crippen LogP contribution in [0.25, 0.3) is 0 Å². The van der Waals surface area contributed by atoms with Crippen molar-refractivity contribution in [3.63, 3.8) is 0 Å². The standard InChI is InChI=1S/C11H16N4O7/c1-14-9(5(2-12-14)15(19)20)13-6-7(17)8(18)11(3-16)4-21-10(6)22-11/h2,6-8,10,13,16-18H,3-4H2,1H3/t6-,7-,8-,10+,11+/m1/s1. The van der Waals surface area contributed by atoms with Gasteiger partial charge in [-0.25, -0.2) is 4.68 Å². The number of rotatable bonds is 4. The average Bonchev–Trinajstić information content (AvgIpc) is 3.05. The number of aromatic nitrogens is 2. The van der Waals surface area contributed by atoms with E-state index in [0.717, 1.165) is 6.20 Å². The quantitative estimate of drug-likeness (QED) is 0.363. The van der Waals surface area contributed by atoms with Gasteiger partial charge < -0.3 is 30.1 Å². The van der Waals surface area contributed by atoms with E-state index >= 15 is 0 Å². The number of aliphatic hydroxyl groups is 3. The number of aliphatic hydroxyl groups excluding tert-OH is 3. The van der Waals surface area contributed by atoms with Gasteiger partial charge in [-0.1, -0.05) is 0 Å². The highest BCUT2D eigenvalue weighted by atomic mass is 16.7. The number of ether oxygens (including phenoxy) is 2. The monoisotopic (exact) mass is 316 g/mol. The zero-order chi connectivity index (χ0) is 16.1. The minimum absolute atomic E-state index is 0.0526. The second kappa shape index (κ2) is 5.14. The summed E-state index contributed by atoms with van der Waals surface area (Å²) in [7, 11) is 1.50. The smallest absolute Gasteiger partial charge is 0.330 e. The fourth-order valence-electron chi connectivity index (χ4n) is 2.74. The second-order valence-corrected chi connectivity index (χ2v) is 5.38. The minimum Gasteiger partial charge on any atom is -0.393 e. The minimum atomic E-state index is -1.40. The van der Waals surface area contributed by atoms with Crippen molar-refractivity contribution in [3.8, 4) is 0 Å². The van der Waals surface area contributed by atoms with Crippen molar-refractivity contribution in [2.45, 2.75) is 30.1 Å². The van der Waals surface area contributed by atoms with E-state index in [2.05, 4.69) is 10.4 Å². The molecule has 0 radical (unpaired) electrons. The highest BCUT2D eigenvalue weighted by Crippen LogP contribution is 2.38. The lowest BCUT2D eigenvalue weighted by Crippen LogP contribution is -2.64. The van der Waals surface area contributed by atoms with Crippen LogP contribution in [-0.2, 0) is 16.5 Å². The first kappa shape index (κ1) is 15.1. The molecule has 2 aliphatic rings. The van der Waals surface area contributed by atoms with E-state index in [1.54, 1.807) is 0 Å². The van der Waals surface area contributed by atoms with E-state index in [1.807, 2.05) is 0 Å². The maximum atomic E-state index is 11.0. The Kier molecular flexibility index (Phi) is 3.53. The zero-order valence-corrected chi connectivity index (χ0v) is 11.6. The lowest BCUT2D eigenvalue weighted by Gasteiger charge is -2.42. The molecule has 4 N–H and O–H groups in total. The van der Waals surface area contributed by atoms with E-state index in [4.69, 9.17) is 9.47 Å². The van der Waals surface area contributed by atoms with E-state index in [-0.39, 0.29) is 18.1 Å². The second-order valence-electron chi connectivity index (χ2n) is 5.38. The molecule has 0 aromatic carbocycles. The van der Waals surface area contributed by atoms with Crippen LogP contribution in [0.15, 0.2) is 6.20 Å². The molecule has 2 aliphatic heterocycles. The first-order valence-corrected chi connectivity index (χ1v) is 6.59. The van der Waals surface area contributed by atoms with Crippen LogP contribution in [0.4, 0.5) is 11.5 Å². The van der Waals surface area contributed by atoms with Crippen LogP contribution >= 0.6 is 0 Å². The zero-order valence-electron chi connectivity index (χ0n) is 11.6. The van der Waals surface area contributed by atoms with Crippen LogP contribution in [0.3, 0.4) is 0 Å². The third kappa shape index (κ3) is 2.06. The maximum absolute atomic E-state index is 11.0. The number of nitrogens with zero attached hydrogens (tertiary/aromatic N) is 3. The summed E-state index contributed by atoms with van der Waals surface area (Å²) in [4.78, 5) is 10.4. The topological polar surface area (TPSA) is 152 Å². The molecule has 11 heteroatoms. The summed E-state index contributed by atoms with van der Waals surface area (Å²) in [5, 5.41) is 47.3. The number of hydrogen-bond donors (Lipinski definition) is 4. The predicted molar refractivity (Wildman–Crippen MR) is 69.9 cm³/mol. The SMILES string of the molecule is Cn1ncc([N+](=O)[O-])c1N[C@H]1[C@H]2OC[C@](CO)(O2)[C@H](O)[C@@H]1O. The molecular weight excluding hydrogens is 300 g/mol. The molecule has 5 atom stereocenters. The summed E-state index contributed by atoms with van der Waals surface area (Å²) in [6.07, 6.45) is -2.63. The summed E-state index contributed by atoms with van der Waals surface area (Å²) in [6, 6.07) is -0.953. The molecule has 2 saturated heterocycles. The lowest BCUT2D eigenvalue weighted by molar-refractivity contribution is -0.384. The summed E-state index contributed by atoms with van der Waals surface area (Å²) in [6.45, 7) is -0.599. The Bertz CT molecular complexity index is 593. The van der Waals surface area contributed by atoms with Gasteiger partial charge in [0.1, 0.15) is 30.0 Å². The number of nitrogens with one attached hydrogen (secondary N) is 1. The molecule has 3 heterocycles. The summed E-state index contributed by atoms with van der Waals surface area (Å²) < 4.78 is 12.1. The van der Waals surface area contributed by atoms with Gasteiger partial charge in [-0.15, -0.1) is 0 Å².